The lowest BCUT2D eigenvalue weighted by Gasteiger charge is -2.19. The number of benzene rings is 1. The van der Waals surface area contributed by atoms with Crippen LogP contribution in [0, 0.1) is 0 Å². The molecule has 1 rings (SSSR count). The molecule has 346 valence electrons. The Labute approximate surface area is 368 Å². The van der Waals surface area contributed by atoms with Gasteiger partial charge in [0.1, 0.15) is 0 Å². The van der Waals surface area contributed by atoms with E-state index in [-0.39, 0.29) is 5.97 Å². The summed E-state index contributed by atoms with van der Waals surface area (Å²) < 4.78 is 25.2. The maximum Gasteiger partial charge on any atom is 0.338 e. The average molecular weight is 829 g/mol. The maximum absolute atomic E-state index is 13.3. The standard InChI is InChI=1S/C54H100O5/c1-5-9-13-16-19-22-25-27-28-30-32-35-38-42-45-57-52-49-50(54(55)59-47-40-12-8-4)48-51(56-44-41-37-34-31-24-21-18-15-11-7-3)53(52)58-46-43-39-36-33-29-26-23-20-17-14-10-6-2/h48-49H,5-47H2,1-4H3. The van der Waals surface area contributed by atoms with Crippen molar-refractivity contribution in [2.75, 3.05) is 26.4 Å². The average Bonchev–Trinajstić information content (AvgIpc) is 3.24. The predicted molar refractivity (Wildman–Crippen MR) is 256 cm³/mol. The van der Waals surface area contributed by atoms with Crippen molar-refractivity contribution >= 4 is 5.97 Å². The van der Waals surface area contributed by atoms with E-state index >= 15 is 0 Å². The lowest BCUT2D eigenvalue weighted by molar-refractivity contribution is 0.0497. The highest BCUT2D eigenvalue weighted by Gasteiger charge is 2.20. The minimum Gasteiger partial charge on any atom is -0.490 e. The van der Waals surface area contributed by atoms with Crippen molar-refractivity contribution in [3.63, 3.8) is 0 Å². The second kappa shape index (κ2) is 44.2. The van der Waals surface area contributed by atoms with Gasteiger partial charge in [0.05, 0.1) is 32.0 Å². The first-order valence-corrected chi connectivity index (χ1v) is 26.4. The molecule has 0 spiro atoms. The Kier molecular flexibility index (Phi) is 41.2. The van der Waals surface area contributed by atoms with Crippen molar-refractivity contribution in [2.45, 2.75) is 278 Å². The van der Waals surface area contributed by atoms with Gasteiger partial charge in [0.15, 0.2) is 11.5 Å². The number of carbonyl (C=O) groups excluding carboxylic acids is 1. The first kappa shape index (κ1) is 55.1. The van der Waals surface area contributed by atoms with Crippen LogP contribution in [-0.2, 0) is 4.74 Å². The molecule has 0 radical (unpaired) electrons. The number of unbranched alkanes of at least 4 members (excludes halogenated alkanes) is 35. The van der Waals surface area contributed by atoms with Crippen LogP contribution in [0.5, 0.6) is 17.2 Å². The molecular weight excluding hydrogens is 729 g/mol. The Morgan fingerprint density at radius 2 is 0.559 bits per heavy atom. The van der Waals surface area contributed by atoms with E-state index in [1.54, 1.807) is 0 Å². The zero-order valence-corrected chi connectivity index (χ0v) is 40.1. The first-order chi connectivity index (χ1) is 29.2. The molecule has 0 aromatic heterocycles. The molecule has 1 aromatic rings. The summed E-state index contributed by atoms with van der Waals surface area (Å²) in [6, 6.07) is 3.69. The fourth-order valence-corrected chi connectivity index (χ4v) is 8.02. The molecule has 1 aromatic carbocycles. The molecule has 0 fully saturated rings. The summed E-state index contributed by atoms with van der Waals surface area (Å²) >= 11 is 0. The summed E-state index contributed by atoms with van der Waals surface area (Å²) in [7, 11) is 0. The normalized spacial score (nSPS) is 11.3. The van der Waals surface area contributed by atoms with Crippen LogP contribution in [0.15, 0.2) is 12.1 Å². The third kappa shape index (κ3) is 34.4. The summed E-state index contributed by atoms with van der Waals surface area (Å²) in [5.74, 6) is 1.60. The van der Waals surface area contributed by atoms with Gasteiger partial charge in [-0.05, 0) is 37.8 Å². The first-order valence-electron chi connectivity index (χ1n) is 26.4. The third-order valence-corrected chi connectivity index (χ3v) is 12.0. The molecule has 59 heavy (non-hydrogen) atoms. The van der Waals surface area contributed by atoms with E-state index < -0.39 is 0 Å². The molecule has 0 N–H and O–H groups in total. The fraction of sp³-hybridized carbons (Fsp3) is 0.870. The second-order valence-electron chi connectivity index (χ2n) is 17.9. The summed E-state index contributed by atoms with van der Waals surface area (Å²) in [5.41, 5.74) is 0.494. The number of esters is 1. The predicted octanol–water partition coefficient (Wildman–Crippen LogP) is 18.3. The quantitative estimate of drug-likeness (QED) is 0.0484. The van der Waals surface area contributed by atoms with Crippen molar-refractivity contribution in [1.82, 2.24) is 0 Å². The molecular formula is C54H100O5. The number of hydrogen-bond acceptors (Lipinski definition) is 5. The van der Waals surface area contributed by atoms with Crippen molar-refractivity contribution < 1.29 is 23.7 Å². The van der Waals surface area contributed by atoms with Crippen LogP contribution in [0.25, 0.3) is 0 Å². The van der Waals surface area contributed by atoms with Crippen LogP contribution in [0.1, 0.15) is 288 Å². The number of ether oxygens (including phenoxy) is 4. The molecule has 0 aliphatic rings. The number of carbonyl (C=O) groups is 1. The topological polar surface area (TPSA) is 54.0 Å². The molecule has 0 heterocycles. The van der Waals surface area contributed by atoms with E-state index in [1.807, 2.05) is 12.1 Å². The number of rotatable bonds is 47. The van der Waals surface area contributed by atoms with Crippen LogP contribution in [0.3, 0.4) is 0 Å². The van der Waals surface area contributed by atoms with Crippen LogP contribution in [0.4, 0.5) is 0 Å². The minimum absolute atomic E-state index is 0.307. The van der Waals surface area contributed by atoms with E-state index in [2.05, 4.69) is 27.7 Å². The molecule has 0 aliphatic heterocycles. The molecule has 0 aliphatic carbocycles. The van der Waals surface area contributed by atoms with Crippen molar-refractivity contribution in [2.24, 2.45) is 0 Å². The van der Waals surface area contributed by atoms with Crippen LogP contribution in [0.2, 0.25) is 0 Å². The molecule has 0 bridgehead atoms. The van der Waals surface area contributed by atoms with E-state index in [9.17, 15) is 4.79 Å². The third-order valence-electron chi connectivity index (χ3n) is 12.0. The molecule has 0 amide bonds. The monoisotopic (exact) mass is 829 g/mol. The fourth-order valence-electron chi connectivity index (χ4n) is 8.02. The van der Waals surface area contributed by atoms with Gasteiger partial charge in [0.25, 0.3) is 0 Å². The van der Waals surface area contributed by atoms with Gasteiger partial charge >= 0.3 is 5.97 Å². The Balaban J connectivity index is 2.75. The zero-order chi connectivity index (χ0) is 42.5. The number of hydrogen-bond donors (Lipinski definition) is 0. The van der Waals surface area contributed by atoms with Gasteiger partial charge < -0.3 is 18.9 Å². The highest BCUT2D eigenvalue weighted by Crippen LogP contribution is 2.40. The van der Waals surface area contributed by atoms with Gasteiger partial charge in [-0.1, -0.05) is 252 Å². The maximum atomic E-state index is 13.3. The van der Waals surface area contributed by atoms with Crippen LogP contribution in [-0.4, -0.2) is 32.4 Å². The SMILES string of the molecule is CCCCCCCCCCCCCCCCOc1cc(C(=O)OCCCCC)cc(OCCCCCCCCCCCC)c1OCCCCCCCCCCCCCC. The smallest absolute Gasteiger partial charge is 0.338 e. The highest BCUT2D eigenvalue weighted by atomic mass is 16.5. The van der Waals surface area contributed by atoms with Gasteiger partial charge in [-0.25, -0.2) is 4.79 Å². The van der Waals surface area contributed by atoms with E-state index in [0.29, 0.717) is 49.2 Å². The second-order valence-corrected chi connectivity index (χ2v) is 17.9. The largest absolute Gasteiger partial charge is 0.490 e. The molecule has 5 nitrogen and oxygen atoms in total. The summed E-state index contributed by atoms with van der Waals surface area (Å²) in [6.45, 7) is 11.3. The van der Waals surface area contributed by atoms with Gasteiger partial charge in [0, 0.05) is 0 Å². The Hall–Kier alpha value is -1.91. The van der Waals surface area contributed by atoms with E-state index in [0.717, 1.165) is 51.4 Å². The van der Waals surface area contributed by atoms with Gasteiger partial charge in [-0.15, -0.1) is 0 Å². The Morgan fingerprint density at radius 1 is 0.322 bits per heavy atom. The van der Waals surface area contributed by atoms with E-state index in [1.165, 1.54) is 199 Å². The summed E-state index contributed by atoms with van der Waals surface area (Å²) in [6.07, 6.45) is 50.2. The van der Waals surface area contributed by atoms with Crippen LogP contribution < -0.4 is 14.2 Å². The lowest BCUT2D eigenvalue weighted by atomic mass is 10.0. The van der Waals surface area contributed by atoms with Gasteiger partial charge in [-0.2, -0.15) is 0 Å². The molecule has 0 saturated carbocycles. The summed E-state index contributed by atoms with van der Waals surface area (Å²) in [4.78, 5) is 13.3. The highest BCUT2D eigenvalue weighted by molar-refractivity contribution is 5.91. The van der Waals surface area contributed by atoms with E-state index in [4.69, 9.17) is 18.9 Å². The molecule has 5 heteroatoms. The van der Waals surface area contributed by atoms with Crippen molar-refractivity contribution in [3.8, 4) is 17.2 Å². The molecule has 0 unspecified atom stereocenters. The minimum atomic E-state index is -0.307. The summed E-state index contributed by atoms with van der Waals surface area (Å²) in [5, 5.41) is 0. The van der Waals surface area contributed by atoms with Gasteiger partial charge in [0.2, 0.25) is 5.75 Å². The zero-order valence-electron chi connectivity index (χ0n) is 40.1. The van der Waals surface area contributed by atoms with Gasteiger partial charge in [-0.3, -0.25) is 0 Å². The molecule has 0 atom stereocenters. The van der Waals surface area contributed by atoms with Crippen molar-refractivity contribution in [1.29, 1.82) is 0 Å². The Morgan fingerprint density at radius 3 is 0.864 bits per heavy atom. The van der Waals surface area contributed by atoms with Crippen LogP contribution >= 0.6 is 0 Å². The Bertz CT molecular complexity index is 1020. The lowest BCUT2D eigenvalue weighted by Crippen LogP contribution is -2.11. The molecule has 0 saturated heterocycles. The van der Waals surface area contributed by atoms with Crippen molar-refractivity contribution in [3.05, 3.63) is 17.7 Å².